The van der Waals surface area contributed by atoms with E-state index >= 15 is 0 Å². The highest BCUT2D eigenvalue weighted by Gasteiger charge is 2.27. The second-order valence-corrected chi connectivity index (χ2v) is 8.02. The van der Waals surface area contributed by atoms with Crippen LogP contribution in [0.2, 0.25) is 0 Å². The van der Waals surface area contributed by atoms with Gasteiger partial charge in [-0.2, -0.15) is 5.10 Å². The van der Waals surface area contributed by atoms with Gasteiger partial charge in [-0.25, -0.2) is 4.98 Å². The lowest BCUT2D eigenvalue weighted by molar-refractivity contribution is -0.135. The Labute approximate surface area is 157 Å². The number of thiazole rings is 1. The van der Waals surface area contributed by atoms with Crippen LogP contribution in [0.25, 0.3) is 0 Å². The molecular formula is C18H25N5O2S. The number of rotatable bonds is 6. The fourth-order valence-corrected chi connectivity index (χ4v) is 4.53. The van der Waals surface area contributed by atoms with Crippen molar-refractivity contribution in [3.63, 3.8) is 0 Å². The third-order valence-electron chi connectivity index (χ3n) is 4.97. The molecule has 0 N–H and O–H groups in total. The number of fused-ring (bicyclic) bond motifs is 1. The first-order chi connectivity index (χ1) is 12.7. The van der Waals surface area contributed by atoms with Gasteiger partial charge in [0.2, 0.25) is 5.91 Å². The maximum Gasteiger partial charge on any atom is 0.248 e. The third kappa shape index (κ3) is 3.97. The zero-order valence-electron chi connectivity index (χ0n) is 15.1. The van der Waals surface area contributed by atoms with E-state index in [1.807, 2.05) is 22.7 Å². The molecule has 0 saturated carbocycles. The molecular weight excluding hydrogens is 350 g/mol. The SMILES string of the molecule is Cc1csc(CN2Cc3ccnn3C(COCC(=O)N3CCCC3)C2)n1. The van der Waals surface area contributed by atoms with Crippen molar-refractivity contribution in [2.24, 2.45) is 0 Å². The third-order valence-corrected chi connectivity index (χ3v) is 5.92. The van der Waals surface area contributed by atoms with Crippen LogP contribution in [-0.4, -0.2) is 63.3 Å². The zero-order valence-corrected chi connectivity index (χ0v) is 16.0. The van der Waals surface area contributed by atoms with E-state index in [1.165, 1.54) is 5.69 Å². The van der Waals surface area contributed by atoms with Gasteiger partial charge in [-0.1, -0.05) is 0 Å². The van der Waals surface area contributed by atoms with E-state index in [0.717, 1.165) is 56.3 Å². The van der Waals surface area contributed by atoms with E-state index in [4.69, 9.17) is 4.74 Å². The zero-order chi connectivity index (χ0) is 17.9. The summed E-state index contributed by atoms with van der Waals surface area (Å²) in [5, 5.41) is 7.69. The van der Waals surface area contributed by atoms with Gasteiger partial charge >= 0.3 is 0 Å². The predicted octanol–water partition coefficient (Wildman–Crippen LogP) is 1.84. The van der Waals surface area contributed by atoms with E-state index in [1.54, 1.807) is 11.3 Å². The van der Waals surface area contributed by atoms with Crippen LogP contribution >= 0.6 is 11.3 Å². The van der Waals surface area contributed by atoms with E-state index in [2.05, 4.69) is 26.4 Å². The lowest BCUT2D eigenvalue weighted by Gasteiger charge is -2.33. The molecule has 0 spiro atoms. The molecule has 0 aliphatic carbocycles. The normalized spacial score (nSPS) is 20.5. The van der Waals surface area contributed by atoms with Crippen molar-refractivity contribution in [2.45, 2.75) is 38.9 Å². The maximum absolute atomic E-state index is 12.2. The van der Waals surface area contributed by atoms with Gasteiger partial charge in [0.15, 0.2) is 0 Å². The van der Waals surface area contributed by atoms with Gasteiger partial charge in [0.1, 0.15) is 11.6 Å². The van der Waals surface area contributed by atoms with Gasteiger partial charge in [0, 0.05) is 43.4 Å². The number of nitrogens with zero attached hydrogens (tertiary/aromatic N) is 5. The average molecular weight is 375 g/mol. The summed E-state index contributed by atoms with van der Waals surface area (Å²) in [6.45, 7) is 6.99. The molecule has 2 aromatic heterocycles. The number of carbonyl (C=O) groups excluding carboxylic acids is 1. The van der Waals surface area contributed by atoms with E-state index in [-0.39, 0.29) is 18.6 Å². The molecule has 4 heterocycles. The Morgan fingerprint density at radius 2 is 2.23 bits per heavy atom. The molecule has 26 heavy (non-hydrogen) atoms. The van der Waals surface area contributed by atoms with Crippen LogP contribution in [0.1, 0.15) is 35.3 Å². The fraction of sp³-hybridized carbons (Fsp3) is 0.611. The first-order valence-electron chi connectivity index (χ1n) is 9.20. The van der Waals surface area contributed by atoms with Gasteiger partial charge < -0.3 is 9.64 Å². The highest BCUT2D eigenvalue weighted by molar-refractivity contribution is 7.09. The van der Waals surface area contributed by atoms with Crippen molar-refractivity contribution in [1.29, 1.82) is 0 Å². The first kappa shape index (κ1) is 17.6. The molecule has 4 rings (SSSR count). The summed E-state index contributed by atoms with van der Waals surface area (Å²) >= 11 is 1.71. The smallest absolute Gasteiger partial charge is 0.248 e. The molecule has 0 bridgehead atoms. The highest BCUT2D eigenvalue weighted by atomic mass is 32.1. The quantitative estimate of drug-likeness (QED) is 0.771. The Hall–Kier alpha value is -1.77. The van der Waals surface area contributed by atoms with Crippen LogP contribution in [0.3, 0.4) is 0 Å². The second kappa shape index (κ2) is 7.85. The summed E-state index contributed by atoms with van der Waals surface area (Å²) < 4.78 is 7.83. The largest absolute Gasteiger partial charge is 0.369 e. The summed E-state index contributed by atoms with van der Waals surface area (Å²) in [5.74, 6) is 0.106. The number of aryl methyl sites for hydroxylation is 1. The summed E-state index contributed by atoms with van der Waals surface area (Å²) in [6.07, 6.45) is 4.06. The Bertz CT molecular complexity index is 752. The molecule has 140 valence electrons. The van der Waals surface area contributed by atoms with Crippen LogP contribution in [0, 0.1) is 6.92 Å². The lowest BCUT2D eigenvalue weighted by atomic mass is 10.2. The lowest BCUT2D eigenvalue weighted by Crippen LogP contribution is -2.40. The van der Waals surface area contributed by atoms with Crippen LogP contribution in [0.5, 0.6) is 0 Å². The Morgan fingerprint density at radius 3 is 3.00 bits per heavy atom. The molecule has 8 heteroatoms. The van der Waals surface area contributed by atoms with Crippen LogP contribution in [-0.2, 0) is 22.6 Å². The van der Waals surface area contributed by atoms with Crippen LogP contribution in [0.4, 0.5) is 0 Å². The molecule has 2 aromatic rings. The minimum atomic E-state index is 0.106. The number of amides is 1. The minimum Gasteiger partial charge on any atom is -0.369 e. The van der Waals surface area contributed by atoms with Crippen LogP contribution in [0.15, 0.2) is 17.6 Å². The van der Waals surface area contributed by atoms with Gasteiger partial charge in [0.25, 0.3) is 0 Å². The fourth-order valence-electron chi connectivity index (χ4n) is 3.72. The molecule has 0 aromatic carbocycles. The summed E-state index contributed by atoms with van der Waals surface area (Å²) in [5.41, 5.74) is 2.26. The topological polar surface area (TPSA) is 63.5 Å². The maximum atomic E-state index is 12.2. The van der Waals surface area contributed by atoms with Crippen molar-refractivity contribution >= 4 is 17.2 Å². The van der Waals surface area contributed by atoms with E-state index in [9.17, 15) is 4.79 Å². The molecule has 1 fully saturated rings. The standard InChI is InChI=1S/C18H25N5O2S/c1-14-13-26-17(20-14)10-21-8-15-4-5-19-23(15)16(9-21)11-25-12-18(24)22-6-2-3-7-22/h4-5,13,16H,2-3,6-12H2,1H3. The number of aromatic nitrogens is 3. The monoisotopic (exact) mass is 375 g/mol. The second-order valence-electron chi connectivity index (χ2n) is 7.08. The van der Waals surface area contributed by atoms with Crippen molar-refractivity contribution in [3.05, 3.63) is 34.0 Å². The Balaban J connectivity index is 1.34. The molecule has 0 radical (unpaired) electrons. The van der Waals surface area contributed by atoms with Crippen molar-refractivity contribution in [1.82, 2.24) is 24.6 Å². The number of ether oxygens (including phenoxy) is 1. The van der Waals surface area contributed by atoms with Crippen molar-refractivity contribution in [3.8, 4) is 0 Å². The average Bonchev–Trinajstić information content (AvgIpc) is 3.36. The van der Waals surface area contributed by atoms with E-state index in [0.29, 0.717) is 6.61 Å². The van der Waals surface area contributed by atoms with E-state index < -0.39 is 0 Å². The Morgan fingerprint density at radius 1 is 1.38 bits per heavy atom. The molecule has 1 saturated heterocycles. The van der Waals surface area contributed by atoms with Gasteiger partial charge in [-0.3, -0.25) is 14.4 Å². The number of likely N-dealkylation sites (tertiary alicyclic amines) is 1. The van der Waals surface area contributed by atoms with Crippen LogP contribution < -0.4 is 0 Å². The predicted molar refractivity (Wildman–Crippen MR) is 98.9 cm³/mol. The molecule has 1 unspecified atom stereocenters. The molecule has 2 aliphatic rings. The number of hydrogen-bond donors (Lipinski definition) is 0. The number of carbonyl (C=O) groups is 1. The molecule has 1 amide bonds. The molecule has 7 nitrogen and oxygen atoms in total. The van der Waals surface area contributed by atoms with Gasteiger partial charge in [-0.15, -0.1) is 11.3 Å². The van der Waals surface area contributed by atoms with Crippen molar-refractivity contribution in [2.75, 3.05) is 32.8 Å². The summed E-state index contributed by atoms with van der Waals surface area (Å²) in [4.78, 5) is 21.0. The first-order valence-corrected chi connectivity index (χ1v) is 10.1. The number of hydrogen-bond acceptors (Lipinski definition) is 6. The minimum absolute atomic E-state index is 0.106. The highest BCUT2D eigenvalue weighted by Crippen LogP contribution is 2.23. The summed E-state index contributed by atoms with van der Waals surface area (Å²) in [7, 11) is 0. The molecule has 1 atom stereocenters. The van der Waals surface area contributed by atoms with Gasteiger partial charge in [0.05, 0.1) is 24.9 Å². The molecule has 2 aliphatic heterocycles. The van der Waals surface area contributed by atoms with Gasteiger partial charge in [-0.05, 0) is 25.8 Å². The van der Waals surface area contributed by atoms with Crippen molar-refractivity contribution < 1.29 is 9.53 Å². The summed E-state index contributed by atoms with van der Waals surface area (Å²) in [6, 6.07) is 2.18. The Kier molecular flexibility index (Phi) is 5.33.